The molecule has 1 unspecified atom stereocenters. The highest BCUT2D eigenvalue weighted by Gasteiger charge is 2.28. The van der Waals surface area contributed by atoms with E-state index in [1.807, 2.05) is 18.2 Å². The topological polar surface area (TPSA) is 96.1 Å². The summed E-state index contributed by atoms with van der Waals surface area (Å²) in [6.07, 6.45) is 0. The average molecular weight is 309 g/mol. The van der Waals surface area contributed by atoms with Gasteiger partial charge in [0.2, 0.25) is 5.91 Å². The van der Waals surface area contributed by atoms with Crippen LogP contribution in [0, 0.1) is 0 Å². The number of likely N-dealkylation sites (N-methyl/N-ethyl adjacent to an activating group) is 1. The van der Waals surface area contributed by atoms with Crippen LogP contribution in [0.15, 0.2) is 24.3 Å². The molecule has 0 radical (unpaired) electrons. The summed E-state index contributed by atoms with van der Waals surface area (Å²) >= 11 is 0. The fourth-order valence-corrected chi connectivity index (χ4v) is 2.57. The van der Waals surface area contributed by atoms with Gasteiger partial charge in [0.25, 0.3) is 6.47 Å². The van der Waals surface area contributed by atoms with Crippen molar-refractivity contribution in [2.45, 2.75) is 6.04 Å². The van der Waals surface area contributed by atoms with Gasteiger partial charge in [-0.05, 0) is 13.1 Å². The molecule has 1 aliphatic rings. The fourth-order valence-electron chi connectivity index (χ4n) is 2.57. The van der Waals surface area contributed by atoms with Crippen LogP contribution in [-0.4, -0.2) is 67.6 Å². The van der Waals surface area contributed by atoms with Crippen LogP contribution in [0.1, 0.15) is 11.6 Å². The lowest BCUT2D eigenvalue weighted by Gasteiger charge is -2.39. The first-order chi connectivity index (χ1) is 10.5. The number of carbonyl (C=O) groups excluding carboxylic acids is 1. The number of nitrogens with zero attached hydrogens (tertiary/aromatic N) is 2. The van der Waals surface area contributed by atoms with E-state index in [0.717, 1.165) is 30.9 Å². The van der Waals surface area contributed by atoms with Crippen molar-refractivity contribution < 1.29 is 19.4 Å². The maximum atomic E-state index is 11.1. The second kappa shape index (κ2) is 9.01. The monoisotopic (exact) mass is 309 g/mol. The van der Waals surface area contributed by atoms with Crippen LogP contribution in [-0.2, 0) is 9.59 Å². The van der Waals surface area contributed by atoms with Gasteiger partial charge in [-0.1, -0.05) is 18.2 Å². The van der Waals surface area contributed by atoms with E-state index >= 15 is 0 Å². The zero-order valence-electron chi connectivity index (χ0n) is 12.9. The molecule has 3 N–H and O–H groups in total. The first-order valence-electron chi connectivity index (χ1n) is 6.95. The van der Waals surface area contributed by atoms with Gasteiger partial charge in [-0.2, -0.15) is 0 Å². The van der Waals surface area contributed by atoms with Gasteiger partial charge in [-0.3, -0.25) is 19.4 Å². The van der Waals surface area contributed by atoms with Crippen molar-refractivity contribution in [1.82, 2.24) is 9.80 Å². The van der Waals surface area contributed by atoms with Gasteiger partial charge >= 0.3 is 0 Å². The van der Waals surface area contributed by atoms with E-state index in [-0.39, 0.29) is 18.4 Å². The van der Waals surface area contributed by atoms with E-state index in [0.29, 0.717) is 6.54 Å². The molecule has 7 heteroatoms. The second-order valence-electron chi connectivity index (χ2n) is 5.05. The van der Waals surface area contributed by atoms with E-state index in [9.17, 15) is 4.79 Å². The number of amides is 1. The molecular formula is C15H23N3O4. The lowest BCUT2D eigenvalue weighted by molar-refractivity contribution is -0.123. The number of nitrogens with two attached hydrogens (primary N) is 1. The number of carbonyl (C=O) groups is 2. The third-order valence-electron chi connectivity index (χ3n) is 3.61. The Morgan fingerprint density at radius 3 is 2.68 bits per heavy atom. The number of methoxy groups -OCH3 is 1. The Hall–Kier alpha value is -2.12. The normalized spacial score (nSPS) is 18.9. The molecule has 2 rings (SSSR count). The van der Waals surface area contributed by atoms with Gasteiger partial charge in [0.05, 0.1) is 19.7 Å². The minimum Gasteiger partial charge on any atom is -0.496 e. The molecule has 1 saturated heterocycles. The molecule has 22 heavy (non-hydrogen) atoms. The predicted octanol–water partition coefficient (Wildman–Crippen LogP) is 0.170. The van der Waals surface area contributed by atoms with Crippen molar-refractivity contribution in [3.8, 4) is 5.75 Å². The number of carboxylic acid groups (broad SMARTS) is 1. The van der Waals surface area contributed by atoms with Gasteiger partial charge in [0.15, 0.2) is 0 Å². The largest absolute Gasteiger partial charge is 0.496 e. The van der Waals surface area contributed by atoms with Crippen LogP contribution in [0.3, 0.4) is 0 Å². The molecule has 1 aromatic rings. The number of primary amides is 1. The molecule has 0 bridgehead atoms. The maximum Gasteiger partial charge on any atom is 0.290 e. The first-order valence-corrected chi connectivity index (χ1v) is 6.95. The lowest BCUT2D eigenvalue weighted by atomic mass is 10.0. The van der Waals surface area contributed by atoms with Crippen molar-refractivity contribution in [3.05, 3.63) is 29.8 Å². The molecule has 122 valence electrons. The Bertz CT molecular complexity index is 495. The zero-order valence-corrected chi connectivity index (χ0v) is 12.9. The Morgan fingerprint density at radius 1 is 1.45 bits per heavy atom. The lowest BCUT2D eigenvalue weighted by Crippen LogP contribution is -2.49. The summed E-state index contributed by atoms with van der Waals surface area (Å²) < 4.78 is 5.43. The van der Waals surface area contributed by atoms with Crippen molar-refractivity contribution >= 4 is 12.4 Å². The second-order valence-corrected chi connectivity index (χ2v) is 5.05. The van der Waals surface area contributed by atoms with Crippen LogP contribution < -0.4 is 10.5 Å². The quantitative estimate of drug-likeness (QED) is 0.770. The summed E-state index contributed by atoms with van der Waals surface area (Å²) in [6.45, 7) is 2.64. The minimum atomic E-state index is -0.275. The summed E-state index contributed by atoms with van der Waals surface area (Å²) in [5, 5.41) is 6.89. The smallest absolute Gasteiger partial charge is 0.290 e. The van der Waals surface area contributed by atoms with Gasteiger partial charge in [-0.15, -0.1) is 0 Å². The van der Waals surface area contributed by atoms with Crippen molar-refractivity contribution in [1.29, 1.82) is 0 Å². The van der Waals surface area contributed by atoms with Crippen LogP contribution in [0.2, 0.25) is 0 Å². The summed E-state index contributed by atoms with van der Waals surface area (Å²) in [6, 6.07) is 8.25. The van der Waals surface area contributed by atoms with Crippen LogP contribution in [0.4, 0.5) is 0 Å². The van der Waals surface area contributed by atoms with Gasteiger partial charge in [0, 0.05) is 25.2 Å². The molecule has 1 aromatic carbocycles. The van der Waals surface area contributed by atoms with E-state index < -0.39 is 0 Å². The van der Waals surface area contributed by atoms with E-state index in [4.69, 9.17) is 20.4 Å². The highest BCUT2D eigenvalue weighted by Crippen LogP contribution is 2.30. The molecule has 1 aliphatic heterocycles. The molecular weight excluding hydrogens is 286 g/mol. The number of hydrogen-bond acceptors (Lipinski definition) is 5. The summed E-state index contributed by atoms with van der Waals surface area (Å²) in [5.74, 6) is 0.614. The highest BCUT2D eigenvalue weighted by molar-refractivity contribution is 5.75. The molecule has 1 atom stereocenters. The molecule has 0 aliphatic carbocycles. The van der Waals surface area contributed by atoms with Crippen molar-refractivity contribution in [2.24, 2.45) is 5.73 Å². The van der Waals surface area contributed by atoms with E-state index in [1.165, 1.54) is 0 Å². The van der Waals surface area contributed by atoms with Crippen LogP contribution >= 0.6 is 0 Å². The number of para-hydroxylation sites is 1. The Balaban J connectivity index is 0.000000745. The number of benzene rings is 1. The van der Waals surface area contributed by atoms with E-state index in [2.05, 4.69) is 22.9 Å². The maximum absolute atomic E-state index is 11.1. The van der Waals surface area contributed by atoms with Gasteiger partial charge in [0.1, 0.15) is 5.75 Å². The molecule has 1 fully saturated rings. The number of ether oxygens (including phenoxy) is 1. The van der Waals surface area contributed by atoms with Gasteiger partial charge < -0.3 is 15.6 Å². The Labute approximate surface area is 130 Å². The van der Waals surface area contributed by atoms with Gasteiger partial charge in [-0.25, -0.2) is 0 Å². The predicted molar refractivity (Wildman–Crippen MR) is 82.7 cm³/mol. The Kier molecular flexibility index (Phi) is 7.34. The molecule has 0 spiro atoms. The van der Waals surface area contributed by atoms with Crippen LogP contribution in [0.25, 0.3) is 0 Å². The number of rotatable bonds is 4. The fraction of sp³-hybridized carbons (Fsp3) is 0.467. The summed E-state index contributed by atoms with van der Waals surface area (Å²) in [7, 11) is 3.78. The molecule has 0 saturated carbocycles. The minimum absolute atomic E-state index is 0.226. The standard InChI is InChI=1S/C14H21N3O2.CH2O2/c1-16-7-8-17(10-14(15)18)9-12(16)11-5-3-4-6-13(11)19-2;2-1-3/h3-6,12H,7-10H2,1-2H3,(H2,15,18);1H,(H,2,3). The molecule has 7 nitrogen and oxygen atoms in total. The Morgan fingerprint density at radius 2 is 2.09 bits per heavy atom. The van der Waals surface area contributed by atoms with Crippen molar-refractivity contribution in [3.63, 3.8) is 0 Å². The molecule has 1 heterocycles. The van der Waals surface area contributed by atoms with Crippen molar-refractivity contribution in [2.75, 3.05) is 40.3 Å². The average Bonchev–Trinajstić information content (AvgIpc) is 2.49. The summed E-state index contributed by atoms with van der Waals surface area (Å²) in [5.41, 5.74) is 6.43. The number of piperazine rings is 1. The summed E-state index contributed by atoms with van der Waals surface area (Å²) in [4.78, 5) is 23.8. The third-order valence-corrected chi connectivity index (χ3v) is 3.61. The molecule has 0 aromatic heterocycles. The zero-order chi connectivity index (χ0) is 16.5. The third kappa shape index (κ3) is 5.01. The number of hydrogen-bond donors (Lipinski definition) is 2. The first kappa shape index (κ1) is 17.9. The van der Waals surface area contributed by atoms with E-state index in [1.54, 1.807) is 7.11 Å². The highest BCUT2D eigenvalue weighted by atomic mass is 16.5. The SMILES string of the molecule is COc1ccccc1C1CN(CC(N)=O)CCN1C.O=CO. The molecule has 1 amide bonds. The van der Waals surface area contributed by atoms with Crippen LogP contribution in [0.5, 0.6) is 5.75 Å².